The van der Waals surface area contributed by atoms with E-state index in [1.807, 2.05) is 18.2 Å². The molecule has 36 heavy (non-hydrogen) atoms. The number of benzene rings is 1. The van der Waals surface area contributed by atoms with Gasteiger partial charge in [0, 0.05) is 55.9 Å². The Hall–Kier alpha value is -2.85. The predicted octanol–water partition coefficient (Wildman–Crippen LogP) is 3.63. The van der Waals surface area contributed by atoms with Crippen molar-refractivity contribution < 1.29 is 13.9 Å². The van der Waals surface area contributed by atoms with E-state index in [0.29, 0.717) is 42.1 Å². The summed E-state index contributed by atoms with van der Waals surface area (Å²) < 4.78 is 29.4. The summed E-state index contributed by atoms with van der Waals surface area (Å²) in [6, 6.07) is 5.82. The molecule has 2 N–H and O–H groups in total. The number of pyridine rings is 1. The predicted molar refractivity (Wildman–Crippen MR) is 138 cm³/mol. The lowest BCUT2D eigenvalue weighted by Gasteiger charge is -2.34. The van der Waals surface area contributed by atoms with Crippen molar-refractivity contribution in [1.82, 2.24) is 19.4 Å². The molecular weight excluding hydrogens is 466 g/mol. The van der Waals surface area contributed by atoms with Crippen LogP contribution in [0.5, 0.6) is 0 Å². The van der Waals surface area contributed by atoms with Crippen LogP contribution in [0.25, 0.3) is 21.8 Å². The number of fused-ring (bicyclic) bond motifs is 3. The molecule has 1 saturated carbocycles. The number of aliphatic hydroxyl groups is 1. The number of rotatable bonds is 6. The fourth-order valence-corrected chi connectivity index (χ4v) is 5.25. The van der Waals surface area contributed by atoms with Crippen LogP contribution in [0.2, 0.25) is 0 Å². The summed E-state index contributed by atoms with van der Waals surface area (Å²) in [5.74, 6) is -2.80. The Bertz CT molecular complexity index is 1300. The van der Waals surface area contributed by atoms with Gasteiger partial charge in [-0.2, -0.15) is 4.98 Å². The maximum Gasteiger partial charge on any atom is 0.264 e. The third-order valence-corrected chi connectivity index (χ3v) is 7.66. The van der Waals surface area contributed by atoms with E-state index in [4.69, 9.17) is 0 Å². The van der Waals surface area contributed by atoms with E-state index >= 15 is 0 Å². The molecule has 2 aliphatic rings. The van der Waals surface area contributed by atoms with Crippen LogP contribution in [0, 0.1) is 0 Å². The lowest BCUT2D eigenvalue weighted by molar-refractivity contribution is 0.0114. The van der Waals surface area contributed by atoms with E-state index < -0.39 is 12.5 Å². The van der Waals surface area contributed by atoms with Crippen molar-refractivity contribution >= 4 is 33.4 Å². The molecule has 3 heterocycles. The van der Waals surface area contributed by atoms with Crippen molar-refractivity contribution in [2.75, 3.05) is 50.0 Å². The average Bonchev–Trinajstić information content (AvgIpc) is 2.89. The van der Waals surface area contributed by atoms with E-state index in [-0.39, 0.29) is 30.1 Å². The molecule has 2 fully saturated rings. The van der Waals surface area contributed by atoms with E-state index in [9.17, 15) is 18.7 Å². The number of nitrogens with one attached hydrogen (secondary N) is 1. The lowest BCUT2D eigenvalue weighted by Crippen LogP contribution is -2.44. The number of likely N-dealkylation sites (N-methyl/N-ethyl adjacent to an activating group) is 1. The van der Waals surface area contributed by atoms with Crippen LogP contribution in [0.1, 0.15) is 45.1 Å². The van der Waals surface area contributed by atoms with Gasteiger partial charge in [0.25, 0.3) is 11.5 Å². The molecule has 8 nitrogen and oxygen atoms in total. The molecule has 0 atom stereocenters. The topological polar surface area (TPSA) is 86.5 Å². The van der Waals surface area contributed by atoms with Gasteiger partial charge in [-0.3, -0.25) is 9.36 Å². The van der Waals surface area contributed by atoms with E-state index in [2.05, 4.69) is 32.1 Å². The van der Waals surface area contributed by atoms with E-state index in [0.717, 1.165) is 37.3 Å². The third kappa shape index (κ3) is 4.88. The number of aliphatic hydroxyl groups excluding tert-OH is 1. The third-order valence-electron chi connectivity index (χ3n) is 7.66. The minimum Gasteiger partial charge on any atom is -0.393 e. The molecule has 0 unspecified atom stereocenters. The van der Waals surface area contributed by atoms with E-state index in [1.165, 1.54) is 6.92 Å². The zero-order valence-electron chi connectivity index (χ0n) is 20.9. The van der Waals surface area contributed by atoms with Gasteiger partial charge < -0.3 is 20.2 Å². The highest BCUT2D eigenvalue weighted by molar-refractivity contribution is 6.05. The molecule has 194 valence electrons. The monoisotopic (exact) mass is 500 g/mol. The van der Waals surface area contributed by atoms with Crippen LogP contribution in [-0.2, 0) is 0 Å². The van der Waals surface area contributed by atoms with E-state index in [1.54, 1.807) is 10.8 Å². The summed E-state index contributed by atoms with van der Waals surface area (Å²) in [6.07, 6.45) is 3.49. The minimum atomic E-state index is -2.87. The first-order chi connectivity index (χ1) is 17.3. The van der Waals surface area contributed by atoms with Gasteiger partial charge in [0.2, 0.25) is 5.95 Å². The molecule has 1 aliphatic carbocycles. The molecule has 2 aromatic heterocycles. The summed E-state index contributed by atoms with van der Waals surface area (Å²) in [5, 5.41) is 14.8. The number of anilines is 2. The van der Waals surface area contributed by atoms with Crippen LogP contribution in [-0.4, -0.2) is 76.3 Å². The number of nitrogens with zero attached hydrogens (tertiary/aromatic N) is 5. The molecule has 1 saturated heterocycles. The van der Waals surface area contributed by atoms with Gasteiger partial charge in [0.05, 0.1) is 18.0 Å². The quantitative estimate of drug-likeness (QED) is 0.500. The SMILES string of the molecule is CCC(F)(F)CNc1ncc2c3ccc(N4CCN(C)CC4)cc3c(=O)n(C3CCC(O)CC3)c2n1. The first-order valence-corrected chi connectivity index (χ1v) is 12.8. The minimum absolute atomic E-state index is 0.0769. The molecule has 1 aliphatic heterocycles. The van der Waals surface area contributed by atoms with Crippen LogP contribution >= 0.6 is 0 Å². The average molecular weight is 501 g/mol. The molecular formula is C26H34F2N6O2. The number of piperazine rings is 1. The molecule has 1 aromatic carbocycles. The van der Waals surface area contributed by atoms with Gasteiger partial charge >= 0.3 is 0 Å². The van der Waals surface area contributed by atoms with Crippen molar-refractivity contribution in [3.05, 3.63) is 34.7 Å². The number of hydrogen-bond donors (Lipinski definition) is 2. The van der Waals surface area contributed by atoms with Crippen LogP contribution in [0.3, 0.4) is 0 Å². The second kappa shape index (κ2) is 9.89. The molecule has 0 amide bonds. The standard InChI is InChI=1S/C26H34F2N6O2/c1-3-26(27,28)16-30-25-29-15-22-20-9-6-18(33-12-10-32(2)11-13-33)14-21(20)24(36)34(23(22)31-25)17-4-7-19(35)8-5-17/h6,9,14-15,17,19,35H,3-5,7-8,10-13,16H2,1-2H3,(H,29,30,31). The Morgan fingerprint density at radius 3 is 2.50 bits per heavy atom. The molecule has 3 aromatic rings. The number of aromatic nitrogens is 3. The highest BCUT2D eigenvalue weighted by atomic mass is 19.3. The largest absolute Gasteiger partial charge is 0.393 e. The Morgan fingerprint density at radius 2 is 1.81 bits per heavy atom. The summed E-state index contributed by atoms with van der Waals surface area (Å²) in [7, 11) is 2.11. The van der Waals surface area contributed by atoms with Crippen molar-refractivity contribution in [3.8, 4) is 0 Å². The Labute approximate surface area is 208 Å². The van der Waals surface area contributed by atoms with Crippen molar-refractivity contribution in [2.24, 2.45) is 0 Å². The summed E-state index contributed by atoms with van der Waals surface area (Å²) >= 11 is 0. The molecule has 0 radical (unpaired) electrons. The van der Waals surface area contributed by atoms with Gasteiger partial charge in [-0.15, -0.1) is 0 Å². The van der Waals surface area contributed by atoms with Crippen molar-refractivity contribution in [2.45, 2.75) is 57.1 Å². The summed E-state index contributed by atoms with van der Waals surface area (Å²) in [5.41, 5.74) is 1.32. The lowest BCUT2D eigenvalue weighted by atomic mass is 9.92. The highest BCUT2D eigenvalue weighted by Crippen LogP contribution is 2.33. The normalized spacial score (nSPS) is 21.9. The molecule has 10 heteroatoms. The number of hydrogen-bond acceptors (Lipinski definition) is 7. The maximum absolute atomic E-state index is 14.0. The second-order valence-corrected chi connectivity index (χ2v) is 10.2. The zero-order valence-corrected chi connectivity index (χ0v) is 20.9. The summed E-state index contributed by atoms with van der Waals surface area (Å²) in [4.78, 5) is 27.4. The molecule has 0 spiro atoms. The van der Waals surface area contributed by atoms with Gasteiger partial charge in [-0.05, 0) is 50.2 Å². The van der Waals surface area contributed by atoms with Crippen molar-refractivity contribution in [3.63, 3.8) is 0 Å². The maximum atomic E-state index is 14.0. The van der Waals surface area contributed by atoms with Crippen LogP contribution in [0.15, 0.2) is 29.2 Å². The Morgan fingerprint density at radius 1 is 1.08 bits per heavy atom. The number of alkyl halides is 2. The van der Waals surface area contributed by atoms with Gasteiger partial charge in [0.1, 0.15) is 5.65 Å². The zero-order chi connectivity index (χ0) is 25.4. The Balaban J connectivity index is 1.62. The van der Waals surface area contributed by atoms with Crippen molar-refractivity contribution in [1.29, 1.82) is 0 Å². The van der Waals surface area contributed by atoms with Gasteiger partial charge in [-0.25, -0.2) is 13.8 Å². The molecule has 0 bridgehead atoms. The van der Waals surface area contributed by atoms with Crippen LogP contribution in [0.4, 0.5) is 20.4 Å². The fourth-order valence-electron chi connectivity index (χ4n) is 5.25. The van der Waals surface area contributed by atoms with Crippen LogP contribution < -0.4 is 15.8 Å². The molecule has 5 rings (SSSR count). The van der Waals surface area contributed by atoms with Gasteiger partial charge in [-0.1, -0.05) is 13.0 Å². The second-order valence-electron chi connectivity index (χ2n) is 10.2. The Kier molecular flexibility index (Phi) is 6.82. The first kappa shape index (κ1) is 24.8. The fraction of sp³-hybridized carbons (Fsp3) is 0.577. The summed E-state index contributed by atoms with van der Waals surface area (Å²) in [6.45, 7) is 4.57. The smallest absolute Gasteiger partial charge is 0.264 e. The first-order valence-electron chi connectivity index (χ1n) is 12.8. The van der Waals surface area contributed by atoms with Gasteiger partial charge in [0.15, 0.2) is 0 Å². The number of halogens is 2. The highest BCUT2D eigenvalue weighted by Gasteiger charge is 2.28.